The summed E-state index contributed by atoms with van der Waals surface area (Å²) in [6.07, 6.45) is 4.73. The molecule has 0 aromatic carbocycles. The van der Waals surface area contributed by atoms with Gasteiger partial charge in [-0.05, 0) is 31.4 Å². The lowest BCUT2D eigenvalue weighted by Gasteiger charge is -2.29. The third-order valence-electron chi connectivity index (χ3n) is 4.52. The largest absolute Gasteiger partial charge is 0.376 e. The highest BCUT2D eigenvalue weighted by Crippen LogP contribution is 2.27. The van der Waals surface area contributed by atoms with Gasteiger partial charge in [-0.3, -0.25) is 23.5 Å². The lowest BCUT2D eigenvalue weighted by Crippen LogP contribution is -2.34. The number of nitrogens with one attached hydrogen (secondary N) is 1. The Balaban J connectivity index is 1.95. The fourth-order valence-electron chi connectivity index (χ4n) is 3.29. The zero-order valence-electron chi connectivity index (χ0n) is 13.9. The fraction of sp³-hybridized carbons (Fsp3) is 0.500. The molecule has 2 aromatic heterocycles. The summed E-state index contributed by atoms with van der Waals surface area (Å²) in [5.41, 5.74) is -0.907. The molecule has 2 aromatic rings. The third kappa shape index (κ3) is 3.55. The predicted octanol–water partition coefficient (Wildman–Crippen LogP) is 2.09. The Bertz CT molecular complexity index is 882. The molecular weight excluding hydrogens is 344 g/mol. The molecule has 3 atom stereocenters. The van der Waals surface area contributed by atoms with Crippen LogP contribution in [0.25, 0.3) is 5.65 Å². The summed E-state index contributed by atoms with van der Waals surface area (Å²) in [5, 5.41) is 14.6. The Morgan fingerprint density at radius 2 is 2.24 bits per heavy atom. The van der Waals surface area contributed by atoms with E-state index in [0.717, 1.165) is 19.3 Å². The van der Waals surface area contributed by atoms with Crippen LogP contribution in [-0.4, -0.2) is 35.6 Å². The van der Waals surface area contributed by atoms with Crippen LogP contribution in [-0.2, 0) is 10.8 Å². The Morgan fingerprint density at radius 3 is 2.96 bits per heavy atom. The minimum atomic E-state index is -0.893. The van der Waals surface area contributed by atoms with Crippen molar-refractivity contribution in [3.8, 4) is 0 Å². The number of nitro groups is 1. The number of anilines is 1. The Morgan fingerprint density at radius 1 is 1.44 bits per heavy atom. The maximum atomic E-state index is 12.4. The van der Waals surface area contributed by atoms with Crippen LogP contribution in [0, 0.1) is 10.1 Å². The number of pyridine rings is 1. The number of fused-ring (bicyclic) bond motifs is 1. The second kappa shape index (κ2) is 7.30. The van der Waals surface area contributed by atoms with E-state index in [9.17, 15) is 19.1 Å². The molecule has 134 valence electrons. The molecule has 1 N–H and O–H groups in total. The minimum Gasteiger partial charge on any atom is -0.361 e. The van der Waals surface area contributed by atoms with Crippen molar-refractivity contribution in [1.82, 2.24) is 9.38 Å². The Kier molecular flexibility index (Phi) is 5.12. The number of aromatic nitrogens is 2. The summed E-state index contributed by atoms with van der Waals surface area (Å²) >= 11 is 0. The van der Waals surface area contributed by atoms with Gasteiger partial charge in [0.15, 0.2) is 0 Å². The molecule has 8 nitrogen and oxygen atoms in total. The van der Waals surface area contributed by atoms with Gasteiger partial charge in [-0.2, -0.15) is 0 Å². The first-order valence-corrected chi connectivity index (χ1v) is 9.69. The summed E-state index contributed by atoms with van der Waals surface area (Å²) in [6, 6.07) is 4.90. The van der Waals surface area contributed by atoms with Crippen molar-refractivity contribution in [3.05, 3.63) is 44.9 Å². The van der Waals surface area contributed by atoms with E-state index < -0.39 is 27.0 Å². The third-order valence-corrected chi connectivity index (χ3v) is 6.26. The van der Waals surface area contributed by atoms with E-state index >= 15 is 0 Å². The first-order valence-electron chi connectivity index (χ1n) is 8.30. The molecule has 0 spiro atoms. The minimum absolute atomic E-state index is 0.00543. The smallest absolute Gasteiger partial charge is 0.361 e. The second-order valence-electron chi connectivity index (χ2n) is 6.10. The van der Waals surface area contributed by atoms with E-state index in [1.807, 2.05) is 6.92 Å². The van der Waals surface area contributed by atoms with Gasteiger partial charge in [0, 0.05) is 34.0 Å². The van der Waals surface area contributed by atoms with Gasteiger partial charge in [-0.1, -0.05) is 19.4 Å². The zero-order chi connectivity index (χ0) is 18.0. The second-order valence-corrected chi connectivity index (χ2v) is 8.10. The molecule has 1 aliphatic carbocycles. The molecule has 0 amide bonds. The van der Waals surface area contributed by atoms with Crippen LogP contribution < -0.4 is 10.9 Å². The average Bonchev–Trinajstić information content (AvgIpc) is 2.61. The van der Waals surface area contributed by atoms with Crippen molar-refractivity contribution < 1.29 is 9.13 Å². The summed E-state index contributed by atoms with van der Waals surface area (Å²) in [4.78, 5) is 27.4. The summed E-state index contributed by atoms with van der Waals surface area (Å²) in [6.45, 7) is 1.89. The topological polar surface area (TPSA) is 107 Å². The van der Waals surface area contributed by atoms with Gasteiger partial charge in [-0.25, -0.2) is 4.98 Å². The molecule has 1 saturated carbocycles. The highest BCUT2D eigenvalue weighted by molar-refractivity contribution is 7.85. The molecule has 1 fully saturated rings. The van der Waals surface area contributed by atoms with Crippen LogP contribution >= 0.6 is 0 Å². The summed E-state index contributed by atoms with van der Waals surface area (Å²) in [5.74, 6) is 0.599. The van der Waals surface area contributed by atoms with Crippen molar-refractivity contribution in [2.24, 2.45) is 0 Å². The molecular formula is C16H20N4O4S. The SMILES string of the molecule is CCS(=O)C1CCCC(Nc2nc3ccccn3c(=O)c2[N+](=O)[O-])C1. The van der Waals surface area contributed by atoms with Crippen molar-refractivity contribution in [1.29, 1.82) is 0 Å². The van der Waals surface area contributed by atoms with Gasteiger partial charge >= 0.3 is 11.2 Å². The van der Waals surface area contributed by atoms with E-state index in [0.29, 0.717) is 17.8 Å². The standard InChI is InChI=1S/C16H20N4O4S/c1-2-25(24)12-7-5-6-11(10-12)17-15-14(20(22)23)16(21)19-9-4-3-8-13(19)18-15/h3-4,8-9,11-12,17H,2,5-7,10H2,1H3. The van der Waals surface area contributed by atoms with Gasteiger partial charge in [0.2, 0.25) is 5.82 Å². The first kappa shape index (κ1) is 17.5. The van der Waals surface area contributed by atoms with E-state index in [1.165, 1.54) is 10.6 Å². The van der Waals surface area contributed by atoms with Crippen LogP contribution in [0.4, 0.5) is 11.5 Å². The maximum absolute atomic E-state index is 12.4. The fourth-order valence-corrected chi connectivity index (χ4v) is 4.64. The molecule has 3 rings (SSSR count). The van der Waals surface area contributed by atoms with Crippen LogP contribution in [0.5, 0.6) is 0 Å². The normalized spacial score (nSPS) is 21.8. The number of hydrogen-bond donors (Lipinski definition) is 1. The summed E-state index contributed by atoms with van der Waals surface area (Å²) < 4.78 is 13.2. The Hall–Kier alpha value is -2.29. The van der Waals surface area contributed by atoms with E-state index in [-0.39, 0.29) is 17.1 Å². The molecule has 9 heteroatoms. The van der Waals surface area contributed by atoms with Gasteiger partial charge in [0.25, 0.3) is 0 Å². The molecule has 0 saturated heterocycles. The molecule has 0 bridgehead atoms. The van der Waals surface area contributed by atoms with Crippen LogP contribution in [0.3, 0.4) is 0 Å². The molecule has 3 unspecified atom stereocenters. The lowest BCUT2D eigenvalue weighted by atomic mass is 9.95. The molecule has 2 heterocycles. The Labute approximate surface area is 146 Å². The monoisotopic (exact) mass is 364 g/mol. The van der Waals surface area contributed by atoms with E-state index in [1.54, 1.807) is 18.2 Å². The highest BCUT2D eigenvalue weighted by Gasteiger charge is 2.29. The van der Waals surface area contributed by atoms with Gasteiger partial charge in [0.1, 0.15) is 5.65 Å². The lowest BCUT2D eigenvalue weighted by molar-refractivity contribution is -0.385. The van der Waals surface area contributed by atoms with Crippen LogP contribution in [0.2, 0.25) is 0 Å². The van der Waals surface area contributed by atoms with Crippen molar-refractivity contribution in [2.45, 2.75) is 43.9 Å². The van der Waals surface area contributed by atoms with Gasteiger partial charge in [-0.15, -0.1) is 0 Å². The molecule has 25 heavy (non-hydrogen) atoms. The highest BCUT2D eigenvalue weighted by atomic mass is 32.2. The molecule has 1 aliphatic rings. The average molecular weight is 364 g/mol. The van der Waals surface area contributed by atoms with Gasteiger partial charge in [0.05, 0.1) is 4.92 Å². The summed E-state index contributed by atoms with van der Waals surface area (Å²) in [7, 11) is -0.893. The maximum Gasteiger partial charge on any atom is 0.376 e. The van der Waals surface area contributed by atoms with Gasteiger partial charge < -0.3 is 5.32 Å². The number of nitrogens with zero attached hydrogens (tertiary/aromatic N) is 3. The van der Waals surface area contributed by atoms with Crippen molar-refractivity contribution >= 4 is 28.0 Å². The van der Waals surface area contributed by atoms with Crippen molar-refractivity contribution in [2.75, 3.05) is 11.1 Å². The number of hydrogen-bond acceptors (Lipinski definition) is 6. The van der Waals surface area contributed by atoms with Crippen molar-refractivity contribution in [3.63, 3.8) is 0 Å². The predicted molar refractivity (Wildman–Crippen MR) is 96.5 cm³/mol. The molecule has 0 aliphatic heterocycles. The quantitative estimate of drug-likeness (QED) is 0.643. The first-order chi connectivity index (χ1) is 12.0. The molecule has 0 radical (unpaired) electrons. The number of rotatable bonds is 5. The van der Waals surface area contributed by atoms with E-state index in [4.69, 9.17) is 0 Å². The zero-order valence-corrected chi connectivity index (χ0v) is 14.7. The van der Waals surface area contributed by atoms with Crippen LogP contribution in [0.15, 0.2) is 29.2 Å². The van der Waals surface area contributed by atoms with E-state index in [2.05, 4.69) is 10.3 Å². The van der Waals surface area contributed by atoms with Crippen LogP contribution in [0.1, 0.15) is 32.6 Å².